The van der Waals surface area contributed by atoms with E-state index in [9.17, 15) is 26.4 Å². The largest absolute Gasteiger partial charge is 0.433 e. The summed E-state index contributed by atoms with van der Waals surface area (Å²) in [6.45, 7) is 1.70. The molecular formula is C24H28F4N4O3S. The Morgan fingerprint density at radius 3 is 2.53 bits per heavy atom. The number of primary amides is 1. The van der Waals surface area contributed by atoms with E-state index in [2.05, 4.69) is 4.98 Å². The number of nitrogens with zero attached hydrogens (tertiary/aromatic N) is 3. The maximum absolute atomic E-state index is 15.4. The Hall–Kier alpha value is -3.15. The van der Waals surface area contributed by atoms with E-state index in [0.29, 0.717) is 17.1 Å². The summed E-state index contributed by atoms with van der Waals surface area (Å²) in [5.41, 5.74) is 3.34. The van der Waals surface area contributed by atoms with E-state index in [-0.39, 0.29) is 12.1 Å². The number of amides is 1. The van der Waals surface area contributed by atoms with Gasteiger partial charge in [0.1, 0.15) is 12.0 Å². The first kappa shape index (κ1) is 27.4. The molecule has 1 amide bonds. The van der Waals surface area contributed by atoms with Crippen LogP contribution in [0.1, 0.15) is 61.5 Å². The first-order valence-electron chi connectivity index (χ1n) is 11.3. The number of benzene rings is 1. The van der Waals surface area contributed by atoms with E-state index in [4.69, 9.17) is 5.73 Å². The highest BCUT2D eigenvalue weighted by atomic mass is 32.2. The quantitative estimate of drug-likeness (QED) is 0.527. The zero-order valence-corrected chi connectivity index (χ0v) is 20.7. The Morgan fingerprint density at radius 1 is 1.19 bits per heavy atom. The van der Waals surface area contributed by atoms with E-state index in [1.54, 1.807) is 12.3 Å². The van der Waals surface area contributed by atoms with Crippen molar-refractivity contribution in [3.05, 3.63) is 71.4 Å². The van der Waals surface area contributed by atoms with Crippen LogP contribution in [-0.2, 0) is 21.0 Å². The number of hydrogen-bond acceptors (Lipinski definition) is 5. The van der Waals surface area contributed by atoms with Gasteiger partial charge in [0, 0.05) is 18.3 Å². The van der Waals surface area contributed by atoms with E-state index in [1.807, 2.05) is 0 Å². The second-order valence-electron chi connectivity index (χ2n) is 8.68. The maximum Gasteiger partial charge on any atom is 0.433 e. The maximum atomic E-state index is 15.4. The van der Waals surface area contributed by atoms with Crippen molar-refractivity contribution in [2.75, 3.05) is 17.1 Å². The molecule has 2 heterocycles. The van der Waals surface area contributed by atoms with E-state index in [0.717, 1.165) is 43.5 Å². The highest BCUT2D eigenvalue weighted by Crippen LogP contribution is 2.41. The summed E-state index contributed by atoms with van der Waals surface area (Å²) >= 11 is 0. The molecule has 196 valence electrons. The fourth-order valence-corrected chi connectivity index (χ4v) is 5.25. The number of aromatic nitrogens is 1. The van der Waals surface area contributed by atoms with Crippen molar-refractivity contribution in [2.45, 2.75) is 50.9 Å². The summed E-state index contributed by atoms with van der Waals surface area (Å²) in [5.74, 6) is -2.59. The minimum absolute atomic E-state index is 0.206. The van der Waals surface area contributed by atoms with Crippen molar-refractivity contribution in [1.29, 1.82) is 0 Å². The molecule has 1 aliphatic rings. The Morgan fingerprint density at radius 2 is 1.92 bits per heavy atom. The van der Waals surface area contributed by atoms with Gasteiger partial charge in [-0.2, -0.15) is 13.2 Å². The van der Waals surface area contributed by atoms with Crippen LogP contribution >= 0.6 is 0 Å². The van der Waals surface area contributed by atoms with Crippen LogP contribution < -0.4 is 10.0 Å². The lowest BCUT2D eigenvalue weighted by molar-refractivity contribution is -0.142. The SMILES string of the molecule is CC(C(N)=O)c1ccc(N(C(c2cccnc2C(F)(F)F)N2/C=C\CCCCC2)S(C)(=O)=O)c(F)c1. The van der Waals surface area contributed by atoms with Crippen molar-refractivity contribution >= 4 is 21.6 Å². The Kier molecular flexibility index (Phi) is 8.27. The summed E-state index contributed by atoms with van der Waals surface area (Å²) in [5, 5.41) is 0. The molecule has 0 fully saturated rings. The molecule has 2 aromatic rings. The predicted molar refractivity (Wildman–Crippen MR) is 128 cm³/mol. The van der Waals surface area contributed by atoms with Crippen LogP contribution in [0.4, 0.5) is 23.2 Å². The monoisotopic (exact) mass is 528 g/mol. The van der Waals surface area contributed by atoms with Gasteiger partial charge in [-0.3, -0.25) is 9.78 Å². The van der Waals surface area contributed by atoms with E-state index < -0.39 is 57.0 Å². The summed E-state index contributed by atoms with van der Waals surface area (Å²) < 4.78 is 84.3. The summed E-state index contributed by atoms with van der Waals surface area (Å²) in [6, 6.07) is 5.86. The van der Waals surface area contributed by atoms with Crippen molar-refractivity contribution in [3.63, 3.8) is 0 Å². The molecule has 2 unspecified atom stereocenters. The van der Waals surface area contributed by atoms with Gasteiger partial charge in [0.15, 0.2) is 5.69 Å². The zero-order chi connectivity index (χ0) is 26.7. The van der Waals surface area contributed by atoms with Gasteiger partial charge in [0.2, 0.25) is 15.9 Å². The highest BCUT2D eigenvalue weighted by molar-refractivity contribution is 7.92. The molecule has 0 spiro atoms. The zero-order valence-electron chi connectivity index (χ0n) is 19.9. The predicted octanol–water partition coefficient (Wildman–Crippen LogP) is 4.68. The van der Waals surface area contributed by atoms with Gasteiger partial charge in [-0.25, -0.2) is 17.1 Å². The van der Waals surface area contributed by atoms with Gasteiger partial charge >= 0.3 is 6.18 Å². The van der Waals surface area contributed by atoms with Crippen LogP contribution in [-0.4, -0.2) is 37.0 Å². The van der Waals surface area contributed by atoms with Crippen LogP contribution in [0.5, 0.6) is 0 Å². The average Bonchev–Trinajstić information content (AvgIpc) is 2.76. The topological polar surface area (TPSA) is 96.6 Å². The van der Waals surface area contributed by atoms with E-state index in [1.165, 1.54) is 24.0 Å². The molecule has 0 saturated heterocycles. The van der Waals surface area contributed by atoms with Crippen molar-refractivity contribution in [2.24, 2.45) is 5.73 Å². The van der Waals surface area contributed by atoms with Gasteiger partial charge in [0.05, 0.1) is 17.9 Å². The number of pyridine rings is 1. The molecule has 0 saturated carbocycles. The second-order valence-corrected chi connectivity index (χ2v) is 10.5. The Bertz CT molecular complexity index is 1230. The summed E-state index contributed by atoms with van der Waals surface area (Å²) in [6.07, 6.45) is 1.56. The van der Waals surface area contributed by atoms with Crippen LogP contribution in [0.15, 0.2) is 48.8 Å². The molecule has 0 aliphatic carbocycles. The summed E-state index contributed by atoms with van der Waals surface area (Å²) in [4.78, 5) is 16.5. The molecule has 1 aromatic carbocycles. The Labute approximate surface area is 207 Å². The smallest absolute Gasteiger partial charge is 0.369 e. The molecule has 12 heteroatoms. The number of carbonyl (C=O) groups is 1. The molecule has 36 heavy (non-hydrogen) atoms. The lowest BCUT2D eigenvalue weighted by Crippen LogP contribution is -2.44. The molecule has 2 N–H and O–H groups in total. The van der Waals surface area contributed by atoms with Gasteiger partial charge in [0.25, 0.3) is 0 Å². The molecule has 0 radical (unpaired) electrons. The lowest BCUT2D eigenvalue weighted by atomic mass is 10.00. The molecule has 3 rings (SSSR count). The number of alkyl halides is 3. The normalized spacial score (nSPS) is 17.6. The number of anilines is 1. The lowest BCUT2D eigenvalue weighted by Gasteiger charge is -2.40. The van der Waals surface area contributed by atoms with Gasteiger partial charge < -0.3 is 10.6 Å². The van der Waals surface area contributed by atoms with Gasteiger partial charge in [-0.05, 0) is 56.1 Å². The number of nitrogens with two attached hydrogens (primary N) is 1. The van der Waals surface area contributed by atoms with Gasteiger partial charge in [-0.15, -0.1) is 0 Å². The second kappa shape index (κ2) is 10.9. The molecule has 0 bridgehead atoms. The first-order valence-corrected chi connectivity index (χ1v) is 13.2. The minimum Gasteiger partial charge on any atom is -0.369 e. The Balaban J connectivity index is 2.29. The number of hydrogen-bond donors (Lipinski definition) is 1. The van der Waals surface area contributed by atoms with Gasteiger partial charge in [-0.1, -0.05) is 24.6 Å². The summed E-state index contributed by atoms with van der Waals surface area (Å²) in [7, 11) is -4.34. The molecule has 7 nitrogen and oxygen atoms in total. The molecule has 1 aromatic heterocycles. The third-order valence-electron chi connectivity index (χ3n) is 6.00. The third kappa shape index (κ3) is 6.15. The fourth-order valence-electron chi connectivity index (χ4n) is 4.15. The van der Waals surface area contributed by atoms with Crippen LogP contribution in [0, 0.1) is 5.82 Å². The number of halogens is 4. The number of carbonyl (C=O) groups excluding carboxylic acids is 1. The van der Waals surface area contributed by atoms with Crippen molar-refractivity contribution in [1.82, 2.24) is 9.88 Å². The van der Waals surface area contributed by atoms with E-state index >= 15 is 4.39 Å². The number of rotatable bonds is 7. The number of sulfonamides is 1. The third-order valence-corrected chi connectivity index (χ3v) is 7.11. The van der Waals surface area contributed by atoms with Crippen LogP contribution in [0.25, 0.3) is 0 Å². The molecular weight excluding hydrogens is 500 g/mol. The standard InChI is InChI=1S/C24H28F4N4O3S/c1-16(22(29)33)17-10-11-20(19(25)15-17)32(36(2,34)35)23(31-13-6-4-3-5-7-14-31)18-9-8-12-30-21(18)24(26,27)28/h6,8-13,15-16,23H,3-5,7,14H2,1-2H3,(H2,29,33)/b13-6-. The van der Waals surface area contributed by atoms with Crippen LogP contribution in [0.3, 0.4) is 0 Å². The fraction of sp³-hybridized carbons (Fsp3) is 0.417. The first-order chi connectivity index (χ1) is 16.8. The van der Waals surface area contributed by atoms with Crippen molar-refractivity contribution < 1.29 is 30.8 Å². The molecule has 2 atom stereocenters. The van der Waals surface area contributed by atoms with Crippen LogP contribution in [0.2, 0.25) is 0 Å². The average molecular weight is 529 g/mol. The number of allylic oxidation sites excluding steroid dienone is 1. The minimum atomic E-state index is -4.89. The molecule has 1 aliphatic heterocycles. The van der Waals surface area contributed by atoms with Crippen molar-refractivity contribution in [3.8, 4) is 0 Å². The highest BCUT2D eigenvalue weighted by Gasteiger charge is 2.42.